The van der Waals surface area contributed by atoms with Gasteiger partial charge < -0.3 is 15.8 Å². The highest BCUT2D eigenvalue weighted by Gasteiger charge is 2.10. The Bertz CT molecular complexity index is 1070. The molecule has 4 N–H and O–H groups in total. The van der Waals surface area contributed by atoms with E-state index in [1.807, 2.05) is 69.3 Å². The van der Waals surface area contributed by atoms with E-state index < -0.39 is 6.09 Å². The molecule has 8 heteroatoms. The van der Waals surface area contributed by atoms with Crippen molar-refractivity contribution in [1.82, 2.24) is 9.97 Å². The zero-order valence-electron chi connectivity index (χ0n) is 18.5. The standard InChI is InChI=1S/C24H28ClN5O2/c1-15(2)14-32-24(31)28-18-9-7-17(8-10-18)11-12-27-22-13-21(29-23(26)30-22)19-5-4-6-20(25)16(19)3/h4-10,13,15H,11-12,14H2,1-3H3,(H,28,31)(H3,26,27,29,30). The first kappa shape index (κ1) is 23.3. The van der Waals surface area contributed by atoms with Crippen molar-refractivity contribution in [3.63, 3.8) is 0 Å². The number of carbonyl (C=O) groups excluding carboxylic acids is 1. The summed E-state index contributed by atoms with van der Waals surface area (Å²) in [7, 11) is 0. The van der Waals surface area contributed by atoms with E-state index in [4.69, 9.17) is 22.1 Å². The number of nitrogens with zero attached hydrogens (tertiary/aromatic N) is 2. The van der Waals surface area contributed by atoms with E-state index in [1.54, 1.807) is 0 Å². The minimum absolute atomic E-state index is 0.198. The highest BCUT2D eigenvalue weighted by Crippen LogP contribution is 2.28. The van der Waals surface area contributed by atoms with Crippen LogP contribution < -0.4 is 16.4 Å². The second kappa shape index (κ2) is 10.8. The van der Waals surface area contributed by atoms with Gasteiger partial charge in [0.25, 0.3) is 0 Å². The third-order valence-electron chi connectivity index (χ3n) is 4.75. The molecule has 3 aromatic rings. The van der Waals surface area contributed by atoms with Crippen LogP contribution >= 0.6 is 11.6 Å². The van der Waals surface area contributed by atoms with Gasteiger partial charge in [0.2, 0.25) is 5.95 Å². The maximum absolute atomic E-state index is 11.8. The first-order valence-electron chi connectivity index (χ1n) is 10.5. The smallest absolute Gasteiger partial charge is 0.411 e. The summed E-state index contributed by atoms with van der Waals surface area (Å²) in [4.78, 5) is 20.4. The summed E-state index contributed by atoms with van der Waals surface area (Å²) in [5.74, 6) is 1.15. The largest absolute Gasteiger partial charge is 0.449 e. The molecule has 0 saturated carbocycles. The SMILES string of the molecule is Cc1c(Cl)cccc1-c1cc(NCCc2ccc(NC(=O)OCC(C)C)cc2)nc(N)n1. The molecule has 0 aliphatic rings. The van der Waals surface area contributed by atoms with Crippen molar-refractivity contribution in [3.05, 3.63) is 64.7 Å². The van der Waals surface area contributed by atoms with Crippen LogP contribution in [-0.2, 0) is 11.2 Å². The van der Waals surface area contributed by atoms with Crippen molar-refractivity contribution in [2.24, 2.45) is 5.92 Å². The predicted octanol–water partition coefficient (Wildman–Crippen LogP) is 5.55. The molecule has 1 amide bonds. The Balaban J connectivity index is 1.57. The van der Waals surface area contributed by atoms with E-state index in [-0.39, 0.29) is 5.95 Å². The Labute approximate surface area is 193 Å². The number of ether oxygens (including phenoxy) is 1. The van der Waals surface area contributed by atoms with Gasteiger partial charge in [-0.15, -0.1) is 0 Å². The Hall–Kier alpha value is -3.32. The van der Waals surface area contributed by atoms with E-state index in [9.17, 15) is 4.79 Å². The molecular weight excluding hydrogens is 426 g/mol. The second-order valence-electron chi connectivity index (χ2n) is 7.90. The first-order chi connectivity index (χ1) is 15.3. The number of benzene rings is 2. The maximum Gasteiger partial charge on any atom is 0.411 e. The summed E-state index contributed by atoms with van der Waals surface area (Å²) in [6.07, 6.45) is 0.327. The van der Waals surface area contributed by atoms with E-state index >= 15 is 0 Å². The molecule has 1 aromatic heterocycles. The van der Waals surface area contributed by atoms with Crippen molar-refractivity contribution < 1.29 is 9.53 Å². The highest BCUT2D eigenvalue weighted by atomic mass is 35.5. The van der Waals surface area contributed by atoms with Crippen molar-refractivity contribution in [1.29, 1.82) is 0 Å². The van der Waals surface area contributed by atoms with Crippen molar-refractivity contribution in [2.45, 2.75) is 27.2 Å². The zero-order valence-corrected chi connectivity index (χ0v) is 19.2. The number of halogens is 1. The number of nitrogens with two attached hydrogens (primary N) is 1. The van der Waals surface area contributed by atoms with Gasteiger partial charge in [-0.1, -0.05) is 49.7 Å². The van der Waals surface area contributed by atoms with Gasteiger partial charge in [0.15, 0.2) is 0 Å². The Morgan fingerprint density at radius 1 is 1.16 bits per heavy atom. The quantitative estimate of drug-likeness (QED) is 0.413. The number of anilines is 3. The summed E-state index contributed by atoms with van der Waals surface area (Å²) in [5.41, 5.74) is 10.3. The van der Waals surface area contributed by atoms with Crippen LogP contribution in [0.5, 0.6) is 0 Å². The van der Waals surface area contributed by atoms with Gasteiger partial charge >= 0.3 is 6.09 Å². The number of nitrogen functional groups attached to an aromatic ring is 1. The van der Waals surface area contributed by atoms with Crippen LogP contribution in [0, 0.1) is 12.8 Å². The fourth-order valence-corrected chi connectivity index (χ4v) is 3.24. The molecule has 3 rings (SSSR count). The summed E-state index contributed by atoms with van der Waals surface area (Å²) in [5, 5.41) is 6.71. The van der Waals surface area contributed by atoms with Crippen molar-refractivity contribution >= 4 is 35.1 Å². The molecule has 1 heterocycles. The van der Waals surface area contributed by atoms with Gasteiger partial charge in [-0.25, -0.2) is 9.78 Å². The Kier molecular flexibility index (Phi) is 7.89. The fourth-order valence-electron chi connectivity index (χ4n) is 3.07. The molecule has 0 bridgehead atoms. The van der Waals surface area contributed by atoms with E-state index in [0.717, 1.165) is 28.8 Å². The molecule has 2 aromatic carbocycles. The van der Waals surface area contributed by atoms with Crippen molar-refractivity contribution in [2.75, 3.05) is 29.5 Å². The molecule has 7 nitrogen and oxygen atoms in total. The minimum atomic E-state index is -0.444. The molecule has 0 atom stereocenters. The van der Waals surface area contributed by atoms with Gasteiger partial charge in [0.05, 0.1) is 12.3 Å². The van der Waals surface area contributed by atoms with Gasteiger partial charge in [0.1, 0.15) is 5.82 Å². The molecule has 0 spiro atoms. The number of aromatic nitrogens is 2. The second-order valence-corrected chi connectivity index (χ2v) is 8.31. The normalized spacial score (nSPS) is 10.8. The summed E-state index contributed by atoms with van der Waals surface area (Å²) in [6, 6.07) is 15.2. The monoisotopic (exact) mass is 453 g/mol. The zero-order chi connectivity index (χ0) is 23.1. The van der Waals surface area contributed by atoms with Gasteiger partial charge in [-0.2, -0.15) is 4.98 Å². The van der Waals surface area contributed by atoms with Crippen LogP contribution in [0.15, 0.2) is 48.5 Å². The lowest BCUT2D eigenvalue weighted by molar-refractivity contribution is 0.147. The highest BCUT2D eigenvalue weighted by molar-refractivity contribution is 6.31. The summed E-state index contributed by atoms with van der Waals surface area (Å²) >= 11 is 6.24. The number of nitrogens with one attached hydrogen (secondary N) is 2. The molecule has 168 valence electrons. The molecule has 0 unspecified atom stereocenters. The number of carbonyl (C=O) groups is 1. The molecule has 0 fully saturated rings. The number of hydrogen-bond acceptors (Lipinski definition) is 6. The third-order valence-corrected chi connectivity index (χ3v) is 5.16. The van der Waals surface area contributed by atoms with Gasteiger partial charge in [0, 0.05) is 28.9 Å². The third kappa shape index (κ3) is 6.59. The lowest BCUT2D eigenvalue weighted by atomic mass is 10.1. The first-order valence-corrected chi connectivity index (χ1v) is 10.9. The van der Waals surface area contributed by atoms with E-state index in [1.165, 1.54) is 0 Å². The van der Waals surface area contributed by atoms with Crippen LogP contribution in [0.25, 0.3) is 11.3 Å². The van der Waals surface area contributed by atoms with Crippen LogP contribution in [0.2, 0.25) is 5.02 Å². The summed E-state index contributed by atoms with van der Waals surface area (Å²) in [6.45, 7) is 6.98. The van der Waals surface area contributed by atoms with Crippen LogP contribution in [0.3, 0.4) is 0 Å². The minimum Gasteiger partial charge on any atom is -0.449 e. The Morgan fingerprint density at radius 3 is 2.62 bits per heavy atom. The molecule has 32 heavy (non-hydrogen) atoms. The topological polar surface area (TPSA) is 102 Å². The van der Waals surface area contributed by atoms with Crippen molar-refractivity contribution in [3.8, 4) is 11.3 Å². The Morgan fingerprint density at radius 2 is 1.91 bits per heavy atom. The van der Waals surface area contributed by atoms with Crippen LogP contribution in [0.4, 0.5) is 22.2 Å². The lowest BCUT2D eigenvalue weighted by Crippen LogP contribution is -2.16. The molecular formula is C24H28ClN5O2. The summed E-state index contributed by atoms with van der Waals surface area (Å²) < 4.78 is 5.13. The molecule has 0 radical (unpaired) electrons. The fraction of sp³-hybridized carbons (Fsp3) is 0.292. The van der Waals surface area contributed by atoms with Crippen LogP contribution in [0.1, 0.15) is 25.0 Å². The van der Waals surface area contributed by atoms with Crippen LogP contribution in [-0.4, -0.2) is 29.2 Å². The van der Waals surface area contributed by atoms with E-state index in [2.05, 4.69) is 20.6 Å². The lowest BCUT2D eigenvalue weighted by Gasteiger charge is -2.11. The predicted molar refractivity (Wildman–Crippen MR) is 130 cm³/mol. The molecule has 0 aliphatic heterocycles. The average Bonchev–Trinajstić information content (AvgIpc) is 2.75. The number of rotatable bonds is 8. The molecule has 0 saturated heterocycles. The number of amides is 1. The van der Waals surface area contributed by atoms with E-state index in [0.29, 0.717) is 35.6 Å². The molecule has 0 aliphatic carbocycles. The van der Waals surface area contributed by atoms with Gasteiger partial charge in [-0.05, 0) is 48.6 Å². The average molecular weight is 454 g/mol. The maximum atomic E-state index is 11.8. The number of hydrogen-bond donors (Lipinski definition) is 3. The van der Waals surface area contributed by atoms with Gasteiger partial charge in [-0.3, -0.25) is 5.32 Å².